The van der Waals surface area contributed by atoms with Crippen LogP contribution in [0, 0.1) is 0 Å². The summed E-state index contributed by atoms with van der Waals surface area (Å²) in [7, 11) is 0. The molecule has 0 fully saturated rings. The van der Waals surface area contributed by atoms with E-state index in [0.717, 1.165) is 4.90 Å². The molecule has 0 bridgehead atoms. The van der Waals surface area contributed by atoms with E-state index in [-0.39, 0.29) is 19.4 Å². The first-order valence-electron chi connectivity index (χ1n) is 9.18. The van der Waals surface area contributed by atoms with E-state index in [1.165, 1.54) is 0 Å². The van der Waals surface area contributed by atoms with Gasteiger partial charge in [-0.15, -0.1) is 0 Å². The van der Waals surface area contributed by atoms with Crippen molar-refractivity contribution < 1.29 is 28.7 Å². The molecule has 9 heteroatoms. The number of amides is 4. The van der Waals surface area contributed by atoms with Crippen molar-refractivity contribution in [2.24, 2.45) is 0 Å². The molecule has 30 heavy (non-hydrogen) atoms. The lowest BCUT2D eigenvalue weighted by atomic mass is 9.98. The molecule has 0 spiro atoms. The van der Waals surface area contributed by atoms with E-state index < -0.39 is 36.2 Å². The highest BCUT2D eigenvalue weighted by atomic mass is 16.5. The van der Waals surface area contributed by atoms with Crippen LogP contribution in [0.15, 0.2) is 54.6 Å². The van der Waals surface area contributed by atoms with Crippen molar-refractivity contribution in [2.45, 2.75) is 12.8 Å². The predicted molar refractivity (Wildman–Crippen MR) is 104 cm³/mol. The van der Waals surface area contributed by atoms with E-state index >= 15 is 0 Å². The smallest absolute Gasteiger partial charge is 0.308 e. The standard InChI is InChI=1S/C21H19N3O6/c25-17(22-23-20(28)14-6-2-1-3-7-14)13-30-19(27)10-11-24-18(26)12-15-8-4-5-9-16(15)21(24)29/h1-9H,10-13H2,(H,22,25)(H,23,28). The Morgan fingerprint density at radius 3 is 2.40 bits per heavy atom. The Bertz CT molecular complexity index is 989. The van der Waals surface area contributed by atoms with Gasteiger partial charge in [-0.1, -0.05) is 36.4 Å². The monoisotopic (exact) mass is 409 g/mol. The van der Waals surface area contributed by atoms with Gasteiger partial charge >= 0.3 is 5.97 Å². The van der Waals surface area contributed by atoms with Gasteiger partial charge in [-0.3, -0.25) is 39.7 Å². The average Bonchev–Trinajstić information content (AvgIpc) is 2.76. The molecule has 2 aromatic carbocycles. The van der Waals surface area contributed by atoms with Crippen molar-refractivity contribution in [3.63, 3.8) is 0 Å². The number of carbonyl (C=O) groups excluding carboxylic acids is 5. The second-order valence-corrected chi connectivity index (χ2v) is 6.46. The van der Waals surface area contributed by atoms with Gasteiger partial charge < -0.3 is 4.74 Å². The molecule has 9 nitrogen and oxygen atoms in total. The highest BCUT2D eigenvalue weighted by Gasteiger charge is 2.30. The van der Waals surface area contributed by atoms with E-state index in [1.54, 1.807) is 54.6 Å². The van der Waals surface area contributed by atoms with Gasteiger partial charge in [0.1, 0.15) is 0 Å². The van der Waals surface area contributed by atoms with E-state index in [9.17, 15) is 24.0 Å². The lowest BCUT2D eigenvalue weighted by molar-refractivity contribution is -0.149. The number of benzene rings is 2. The number of rotatable bonds is 6. The molecule has 0 unspecified atom stereocenters. The topological polar surface area (TPSA) is 122 Å². The minimum absolute atomic E-state index is 0.0838. The molecule has 0 atom stereocenters. The first-order chi connectivity index (χ1) is 14.5. The number of esters is 1. The Balaban J connectivity index is 1.41. The van der Waals surface area contributed by atoms with Crippen LogP contribution in [0.3, 0.4) is 0 Å². The first-order valence-corrected chi connectivity index (χ1v) is 9.18. The minimum atomic E-state index is -0.751. The highest BCUT2D eigenvalue weighted by molar-refractivity contribution is 6.09. The highest BCUT2D eigenvalue weighted by Crippen LogP contribution is 2.19. The van der Waals surface area contributed by atoms with Gasteiger partial charge in [0.15, 0.2) is 6.61 Å². The largest absolute Gasteiger partial charge is 0.455 e. The number of carbonyl (C=O) groups is 5. The van der Waals surface area contributed by atoms with Crippen LogP contribution < -0.4 is 10.9 Å². The maximum atomic E-state index is 12.4. The van der Waals surface area contributed by atoms with Gasteiger partial charge in [-0.25, -0.2) is 0 Å². The summed E-state index contributed by atoms with van der Waals surface area (Å²) >= 11 is 0. The first kappa shape index (κ1) is 20.7. The second kappa shape index (κ2) is 9.46. The van der Waals surface area contributed by atoms with Crippen molar-refractivity contribution in [2.75, 3.05) is 13.2 Å². The molecule has 0 aliphatic carbocycles. The number of hydrogen-bond donors (Lipinski definition) is 2. The lowest BCUT2D eigenvalue weighted by Gasteiger charge is -2.26. The molecule has 154 valence electrons. The van der Waals surface area contributed by atoms with Crippen LogP contribution >= 0.6 is 0 Å². The summed E-state index contributed by atoms with van der Waals surface area (Å²) in [6.45, 7) is -0.754. The number of hydrazine groups is 1. The van der Waals surface area contributed by atoms with Crippen LogP contribution in [-0.2, 0) is 25.5 Å². The van der Waals surface area contributed by atoms with Crippen molar-refractivity contribution in [1.82, 2.24) is 15.8 Å². The number of nitrogens with one attached hydrogen (secondary N) is 2. The summed E-state index contributed by atoms with van der Waals surface area (Å²) in [6, 6.07) is 15.0. The number of imide groups is 1. The molecule has 1 heterocycles. The summed E-state index contributed by atoms with van der Waals surface area (Å²) in [5.74, 6) is -2.85. The maximum absolute atomic E-state index is 12.4. The van der Waals surface area contributed by atoms with Gasteiger partial charge in [0.2, 0.25) is 5.91 Å². The van der Waals surface area contributed by atoms with Crippen LogP contribution in [0.25, 0.3) is 0 Å². The fourth-order valence-corrected chi connectivity index (χ4v) is 2.87. The number of hydrogen-bond acceptors (Lipinski definition) is 6. The number of ether oxygens (including phenoxy) is 1. The minimum Gasteiger partial charge on any atom is -0.455 e. The van der Waals surface area contributed by atoms with Crippen molar-refractivity contribution in [1.29, 1.82) is 0 Å². The molecule has 4 amide bonds. The summed E-state index contributed by atoms with van der Waals surface area (Å²) in [5.41, 5.74) is 5.77. The third-order valence-corrected chi connectivity index (χ3v) is 4.39. The molecule has 2 N–H and O–H groups in total. The van der Waals surface area contributed by atoms with E-state index in [0.29, 0.717) is 16.7 Å². The Labute approximate surface area is 172 Å². The summed E-state index contributed by atoms with van der Waals surface area (Å²) in [5, 5.41) is 0. The zero-order valence-corrected chi connectivity index (χ0v) is 15.9. The zero-order valence-electron chi connectivity index (χ0n) is 15.9. The van der Waals surface area contributed by atoms with Crippen LogP contribution in [0.5, 0.6) is 0 Å². The summed E-state index contributed by atoms with van der Waals surface area (Å²) in [6.07, 6.45) is -0.163. The van der Waals surface area contributed by atoms with Crippen molar-refractivity contribution in [3.05, 3.63) is 71.3 Å². The van der Waals surface area contributed by atoms with Crippen LogP contribution in [0.4, 0.5) is 0 Å². The molecule has 0 radical (unpaired) electrons. The maximum Gasteiger partial charge on any atom is 0.308 e. The molecule has 2 aromatic rings. The normalized spacial score (nSPS) is 12.7. The Morgan fingerprint density at radius 2 is 1.63 bits per heavy atom. The van der Waals surface area contributed by atoms with Gasteiger partial charge in [0.25, 0.3) is 17.7 Å². The molecular formula is C21H19N3O6. The van der Waals surface area contributed by atoms with Crippen LogP contribution in [-0.4, -0.2) is 47.6 Å². The third-order valence-electron chi connectivity index (χ3n) is 4.39. The fourth-order valence-electron chi connectivity index (χ4n) is 2.87. The zero-order chi connectivity index (χ0) is 21.5. The SMILES string of the molecule is O=C(COC(=O)CCN1C(=O)Cc2ccccc2C1=O)NNC(=O)c1ccccc1. The molecule has 1 aliphatic heterocycles. The lowest BCUT2D eigenvalue weighted by Crippen LogP contribution is -2.44. The summed E-state index contributed by atoms with van der Waals surface area (Å²) < 4.78 is 4.82. The fraction of sp³-hybridized carbons (Fsp3) is 0.190. The quantitative estimate of drug-likeness (QED) is 0.409. The predicted octanol–water partition coefficient (Wildman–Crippen LogP) is 0.606. The van der Waals surface area contributed by atoms with Crippen LogP contribution in [0.2, 0.25) is 0 Å². The molecule has 3 rings (SSSR count). The van der Waals surface area contributed by atoms with Gasteiger partial charge in [0.05, 0.1) is 12.8 Å². The van der Waals surface area contributed by atoms with E-state index in [2.05, 4.69) is 10.9 Å². The molecule has 1 aliphatic rings. The Morgan fingerprint density at radius 1 is 0.933 bits per heavy atom. The molecule has 0 saturated heterocycles. The molecule has 0 aromatic heterocycles. The third kappa shape index (κ3) is 5.07. The molecule has 0 saturated carbocycles. The molecular weight excluding hydrogens is 390 g/mol. The average molecular weight is 409 g/mol. The van der Waals surface area contributed by atoms with E-state index in [4.69, 9.17) is 4.74 Å². The van der Waals surface area contributed by atoms with Gasteiger partial charge in [-0.05, 0) is 23.8 Å². The van der Waals surface area contributed by atoms with Crippen molar-refractivity contribution >= 4 is 29.6 Å². The van der Waals surface area contributed by atoms with Gasteiger partial charge in [-0.2, -0.15) is 0 Å². The Kier molecular flexibility index (Phi) is 6.53. The second-order valence-electron chi connectivity index (χ2n) is 6.46. The number of nitrogens with zero attached hydrogens (tertiary/aromatic N) is 1. The van der Waals surface area contributed by atoms with Gasteiger partial charge in [0, 0.05) is 17.7 Å². The number of fused-ring (bicyclic) bond motifs is 1. The van der Waals surface area contributed by atoms with E-state index in [1.807, 2.05) is 0 Å². The Hall–Kier alpha value is -4.01. The van der Waals surface area contributed by atoms with Crippen molar-refractivity contribution in [3.8, 4) is 0 Å². The van der Waals surface area contributed by atoms with Crippen LogP contribution in [0.1, 0.15) is 32.7 Å². The summed E-state index contributed by atoms with van der Waals surface area (Å²) in [4.78, 5) is 61.0.